The molecular weight excluding hydrogens is 750 g/mol. The molecule has 6 saturated carbocycles. The average Bonchev–Trinajstić information content (AvgIpc) is 3.15. The Morgan fingerprint density at radius 3 is 0.854 bits per heavy atom. The van der Waals surface area contributed by atoms with Crippen LogP contribution >= 0.6 is 37.7 Å². The largest absolute Gasteiger partial charge is 0.276 e. The summed E-state index contributed by atoms with van der Waals surface area (Å²) in [5.41, 5.74) is 6.81. The van der Waals surface area contributed by atoms with E-state index in [9.17, 15) is 11.6 Å². The SMILES string of the molecule is Clc1ccccc1C(Cl)([P+](C1CCCCC1)(C1CCCCC1)C1CCCCC1)[P+](C1CCCCC1)(C1CCCCC1)C1CCCCC1.[Ru]. The van der Waals surface area contributed by atoms with Crippen LogP contribution in [0.4, 0.5) is 0 Å². The van der Waals surface area contributed by atoms with Gasteiger partial charge in [-0.15, -0.1) is 0 Å². The fraction of sp³-hybridized carbons (Fsp3) is 0.860. The Morgan fingerprint density at radius 1 is 0.396 bits per heavy atom. The Hall–Kier alpha value is 1.28. The van der Waals surface area contributed by atoms with Crippen LogP contribution < -0.4 is 0 Å². The quantitative estimate of drug-likeness (QED) is 0.132. The molecule has 6 aliphatic carbocycles. The first-order valence-electron chi connectivity index (χ1n) is 21.4. The fourth-order valence-electron chi connectivity index (χ4n) is 13.7. The maximum absolute atomic E-state index is 9.83. The third-order valence-corrected chi connectivity index (χ3v) is 32.6. The molecule has 7 rings (SSSR count). The van der Waals surface area contributed by atoms with Crippen molar-refractivity contribution in [2.45, 2.75) is 231 Å². The van der Waals surface area contributed by atoms with Gasteiger partial charge < -0.3 is 0 Å². The first-order valence-corrected chi connectivity index (χ1v) is 26.1. The van der Waals surface area contributed by atoms with Gasteiger partial charge in [0.1, 0.15) is 0 Å². The Bertz CT molecular complexity index is 952. The van der Waals surface area contributed by atoms with Gasteiger partial charge >= 0.3 is 0 Å². The molecule has 48 heavy (non-hydrogen) atoms. The molecule has 0 N–H and O–H groups in total. The summed E-state index contributed by atoms with van der Waals surface area (Å²) in [5.74, 6) is 0. The van der Waals surface area contributed by atoms with Gasteiger partial charge in [0.15, 0.2) is 0 Å². The van der Waals surface area contributed by atoms with E-state index < -0.39 is 14.5 Å². The van der Waals surface area contributed by atoms with Gasteiger partial charge in [-0.3, -0.25) is 0 Å². The maximum Gasteiger partial charge on any atom is 0.276 e. The second kappa shape index (κ2) is 18.1. The molecule has 0 unspecified atom stereocenters. The number of benzene rings is 1. The van der Waals surface area contributed by atoms with Crippen LogP contribution in [0.1, 0.15) is 198 Å². The molecular formula is C43H70Cl2P2Ru+2. The predicted molar refractivity (Wildman–Crippen MR) is 214 cm³/mol. The number of rotatable bonds is 9. The van der Waals surface area contributed by atoms with Gasteiger partial charge in [0, 0.05) is 19.5 Å². The van der Waals surface area contributed by atoms with Crippen molar-refractivity contribution in [3.8, 4) is 0 Å². The van der Waals surface area contributed by atoms with E-state index in [2.05, 4.69) is 24.3 Å². The van der Waals surface area contributed by atoms with Crippen molar-refractivity contribution >= 4 is 37.7 Å². The predicted octanol–water partition coefficient (Wildman–Crippen LogP) is 15.7. The van der Waals surface area contributed by atoms with Crippen LogP contribution in [0.15, 0.2) is 24.3 Å². The maximum atomic E-state index is 9.83. The number of hydrogen-bond donors (Lipinski definition) is 0. The molecule has 0 aromatic heterocycles. The standard InChI is InChI=1S/C43H70Cl2P2.Ru/c44-42-34-20-19-33-41(42)43(45,46(35-21-7-1-8-22-35,36-23-9-2-10-24-36)37-25-11-3-12-26-37)47(38-27-13-4-14-28-38,39-29-15-5-16-30-39)40-31-17-6-18-32-40;/h19-20,33-40H,1-18,21-32H2;/q+2;. The topological polar surface area (TPSA) is 0 Å². The summed E-state index contributed by atoms with van der Waals surface area (Å²) < 4.78 is -0.184. The molecule has 1 aromatic carbocycles. The first kappa shape index (κ1) is 39.0. The molecule has 1 aromatic rings. The first-order chi connectivity index (χ1) is 23.1. The Balaban J connectivity index is 0.00000401. The summed E-state index contributed by atoms with van der Waals surface area (Å²) in [6.07, 6.45) is 44.1. The van der Waals surface area contributed by atoms with E-state index in [1.54, 1.807) is 0 Å². The van der Waals surface area contributed by atoms with Crippen LogP contribution in [-0.2, 0) is 23.8 Å². The van der Waals surface area contributed by atoms with Crippen LogP contribution in [0.3, 0.4) is 0 Å². The van der Waals surface area contributed by atoms with E-state index in [4.69, 9.17) is 11.6 Å². The smallest absolute Gasteiger partial charge is 0.0836 e. The minimum atomic E-state index is -1.78. The van der Waals surface area contributed by atoms with Crippen molar-refractivity contribution < 1.29 is 19.5 Å². The molecule has 0 saturated heterocycles. The minimum Gasteiger partial charge on any atom is -0.0836 e. The van der Waals surface area contributed by atoms with Gasteiger partial charge in [0.05, 0.1) is 59.1 Å². The van der Waals surface area contributed by atoms with E-state index >= 15 is 0 Å². The monoisotopic (exact) mass is 820 g/mol. The molecule has 272 valence electrons. The summed E-state index contributed by atoms with van der Waals surface area (Å²) in [4.78, 5) is 0. The Morgan fingerprint density at radius 2 is 0.625 bits per heavy atom. The van der Waals surface area contributed by atoms with Crippen molar-refractivity contribution in [2.75, 3.05) is 0 Å². The zero-order valence-electron chi connectivity index (χ0n) is 30.5. The van der Waals surface area contributed by atoms with Crippen molar-refractivity contribution in [2.24, 2.45) is 0 Å². The third-order valence-electron chi connectivity index (χ3n) is 15.3. The Kier molecular flexibility index (Phi) is 14.7. The molecule has 0 heterocycles. The van der Waals surface area contributed by atoms with E-state index in [1.165, 1.54) is 198 Å². The molecule has 0 amide bonds. The molecule has 6 aliphatic rings. The van der Waals surface area contributed by atoms with Gasteiger partial charge in [-0.2, -0.15) is 0 Å². The molecule has 0 nitrogen and oxygen atoms in total. The second-order valence-electron chi connectivity index (χ2n) is 17.5. The van der Waals surface area contributed by atoms with Crippen molar-refractivity contribution in [1.82, 2.24) is 0 Å². The summed E-state index contributed by atoms with van der Waals surface area (Å²) in [7, 11) is -3.57. The average molecular weight is 821 g/mol. The van der Waals surface area contributed by atoms with Crippen LogP contribution in [-0.4, -0.2) is 34.0 Å². The van der Waals surface area contributed by atoms with Crippen molar-refractivity contribution in [3.63, 3.8) is 0 Å². The van der Waals surface area contributed by atoms with E-state index in [-0.39, 0.29) is 23.8 Å². The van der Waals surface area contributed by atoms with Crippen molar-refractivity contribution in [1.29, 1.82) is 0 Å². The molecule has 5 heteroatoms. The summed E-state index contributed by atoms with van der Waals surface area (Å²) in [6.45, 7) is 0. The molecule has 0 atom stereocenters. The summed E-state index contributed by atoms with van der Waals surface area (Å²) in [5, 5.41) is 1.07. The second-order valence-corrected chi connectivity index (χ2v) is 28.4. The van der Waals surface area contributed by atoms with E-state index in [0.29, 0.717) is 0 Å². The van der Waals surface area contributed by atoms with Gasteiger partial charge in [-0.05, 0) is 178 Å². The molecule has 0 radical (unpaired) electrons. The third kappa shape index (κ3) is 7.00. The van der Waals surface area contributed by atoms with Gasteiger partial charge in [0.2, 0.25) is 0 Å². The fourth-order valence-corrected chi connectivity index (χ4v) is 37.2. The molecule has 6 fully saturated rings. The van der Waals surface area contributed by atoms with Gasteiger partial charge in [0.25, 0.3) is 4.36 Å². The summed E-state index contributed by atoms with van der Waals surface area (Å²) >= 11 is 17.6. The van der Waals surface area contributed by atoms with Crippen LogP contribution in [0, 0.1) is 0 Å². The van der Waals surface area contributed by atoms with Gasteiger partial charge in [-0.1, -0.05) is 62.3 Å². The number of hydrogen-bond acceptors (Lipinski definition) is 0. The van der Waals surface area contributed by atoms with E-state index in [1.807, 2.05) is 0 Å². The molecule has 0 aliphatic heterocycles. The number of alkyl halides is 1. The van der Waals surface area contributed by atoms with Crippen LogP contribution in [0.2, 0.25) is 5.02 Å². The number of halogens is 2. The minimum absolute atomic E-state index is 0. The molecule has 0 spiro atoms. The normalized spacial score (nSPS) is 26.3. The molecule has 0 bridgehead atoms. The zero-order chi connectivity index (χ0) is 32.2. The summed E-state index contributed by atoms with van der Waals surface area (Å²) in [6, 6.07) is 9.53. The van der Waals surface area contributed by atoms with Gasteiger partial charge in [-0.25, -0.2) is 0 Å². The van der Waals surface area contributed by atoms with E-state index in [0.717, 1.165) is 39.0 Å². The Labute approximate surface area is 321 Å². The van der Waals surface area contributed by atoms with Crippen LogP contribution in [0.5, 0.6) is 0 Å². The zero-order valence-corrected chi connectivity index (χ0v) is 35.5. The van der Waals surface area contributed by atoms with Crippen LogP contribution in [0.25, 0.3) is 0 Å². The van der Waals surface area contributed by atoms with Crippen molar-refractivity contribution in [3.05, 3.63) is 34.9 Å².